The summed E-state index contributed by atoms with van der Waals surface area (Å²) in [4.78, 5) is 15.9. The van der Waals surface area contributed by atoms with Crippen molar-refractivity contribution in [3.63, 3.8) is 0 Å². The summed E-state index contributed by atoms with van der Waals surface area (Å²) in [5.74, 6) is -0.0612. The van der Waals surface area contributed by atoms with E-state index < -0.39 is 0 Å². The van der Waals surface area contributed by atoms with Crippen LogP contribution in [0.5, 0.6) is 0 Å². The number of allylic oxidation sites excluding steroid dienone is 1. The number of ketones is 1. The van der Waals surface area contributed by atoms with Crippen LogP contribution in [0, 0.1) is 11.3 Å². The zero-order chi connectivity index (χ0) is 15.4. The van der Waals surface area contributed by atoms with Crippen molar-refractivity contribution in [2.45, 2.75) is 4.21 Å². The minimum Gasteiger partial charge on any atom is -0.383 e. The van der Waals surface area contributed by atoms with Gasteiger partial charge in [0, 0.05) is 36.8 Å². The smallest absolute Gasteiger partial charge is 0.197 e. The van der Waals surface area contributed by atoms with Crippen molar-refractivity contribution in [1.29, 1.82) is 5.26 Å². The molecule has 2 heterocycles. The van der Waals surface area contributed by atoms with E-state index in [1.54, 1.807) is 23.6 Å². The molecule has 0 fully saturated rings. The van der Waals surface area contributed by atoms with Crippen molar-refractivity contribution >= 4 is 40.2 Å². The average molecular weight is 334 g/mol. The van der Waals surface area contributed by atoms with E-state index in [0.717, 1.165) is 14.6 Å². The molecule has 0 amide bonds. The van der Waals surface area contributed by atoms with Gasteiger partial charge >= 0.3 is 0 Å². The van der Waals surface area contributed by atoms with E-state index in [9.17, 15) is 10.1 Å². The summed E-state index contributed by atoms with van der Waals surface area (Å²) in [5, 5.41) is 11.4. The van der Waals surface area contributed by atoms with Crippen molar-refractivity contribution in [2.75, 3.05) is 20.4 Å². The summed E-state index contributed by atoms with van der Waals surface area (Å²) in [6, 6.07) is 6.13. The van der Waals surface area contributed by atoms with Crippen LogP contribution < -0.4 is 0 Å². The number of carbonyl (C=O) groups excluding carboxylic acids is 1. The Hall–Kier alpha value is -1.55. The number of hydrogen-bond acceptors (Lipinski definition) is 6. The predicted molar refractivity (Wildman–Crippen MR) is 91.3 cm³/mol. The Morgan fingerprint density at radius 3 is 2.76 bits per heavy atom. The second kappa shape index (κ2) is 6.94. The summed E-state index contributed by atoms with van der Waals surface area (Å²) in [6.45, 7) is 0. The molecule has 0 saturated heterocycles. The number of nitrogens with zero attached hydrogens (tertiary/aromatic N) is 2. The second-order valence-electron chi connectivity index (χ2n) is 4.41. The lowest BCUT2D eigenvalue weighted by atomic mass is 10.1. The fourth-order valence-corrected chi connectivity index (χ4v) is 4.48. The molecule has 6 heteroatoms. The van der Waals surface area contributed by atoms with Gasteiger partial charge in [0.05, 0.1) is 14.6 Å². The largest absolute Gasteiger partial charge is 0.383 e. The third-order valence-corrected chi connectivity index (χ3v) is 5.90. The predicted octanol–water partition coefficient (Wildman–Crippen LogP) is 4.33. The van der Waals surface area contributed by atoms with E-state index >= 15 is 0 Å². The normalized spacial score (nSPS) is 10.8. The van der Waals surface area contributed by atoms with E-state index in [2.05, 4.69) is 6.07 Å². The lowest BCUT2D eigenvalue weighted by Crippen LogP contribution is -2.02. The van der Waals surface area contributed by atoms with Crippen LogP contribution in [0.2, 0.25) is 0 Å². The van der Waals surface area contributed by atoms with E-state index in [1.165, 1.54) is 23.1 Å². The van der Waals surface area contributed by atoms with E-state index in [0.29, 0.717) is 10.4 Å². The topological polar surface area (TPSA) is 44.1 Å². The highest BCUT2D eigenvalue weighted by Gasteiger charge is 2.23. The van der Waals surface area contributed by atoms with Gasteiger partial charge in [-0.15, -0.1) is 34.4 Å². The Labute approximate surface area is 136 Å². The second-order valence-corrected chi connectivity index (χ2v) is 7.45. The van der Waals surface area contributed by atoms with Gasteiger partial charge in [0.15, 0.2) is 5.78 Å². The van der Waals surface area contributed by atoms with Crippen LogP contribution in [0.3, 0.4) is 0 Å². The first-order valence-corrected chi connectivity index (χ1v) is 9.04. The highest BCUT2D eigenvalue weighted by atomic mass is 32.2. The van der Waals surface area contributed by atoms with Crippen LogP contribution >= 0.6 is 34.4 Å². The summed E-state index contributed by atoms with van der Waals surface area (Å²) in [7, 11) is 3.73. The van der Waals surface area contributed by atoms with Crippen LogP contribution in [0.4, 0.5) is 0 Å². The Morgan fingerprint density at radius 2 is 2.24 bits per heavy atom. The first-order chi connectivity index (χ1) is 10.1. The van der Waals surface area contributed by atoms with Gasteiger partial charge in [0.25, 0.3) is 0 Å². The molecule has 0 aliphatic rings. The maximum atomic E-state index is 12.4. The lowest BCUT2D eigenvalue weighted by molar-refractivity contribution is 0.105. The monoisotopic (exact) mass is 334 g/mol. The molecular weight excluding hydrogens is 320 g/mol. The molecule has 0 radical (unpaired) electrons. The molecule has 0 aromatic carbocycles. The molecule has 0 aliphatic carbocycles. The SMILES string of the molecule is CSc1sc(C(=O)C=CN(C)C)c(-c2cccs2)c1C#N. The minimum atomic E-state index is -0.0612. The molecule has 2 aromatic heterocycles. The number of rotatable bonds is 5. The molecule has 0 unspecified atom stereocenters. The van der Waals surface area contributed by atoms with Gasteiger partial charge in [-0.25, -0.2) is 0 Å². The molecule has 0 N–H and O–H groups in total. The van der Waals surface area contributed by atoms with Crippen LogP contribution in [-0.4, -0.2) is 31.0 Å². The maximum absolute atomic E-state index is 12.4. The van der Waals surface area contributed by atoms with Crippen molar-refractivity contribution in [1.82, 2.24) is 4.90 Å². The maximum Gasteiger partial charge on any atom is 0.197 e. The van der Waals surface area contributed by atoms with Gasteiger partial charge < -0.3 is 4.90 Å². The lowest BCUT2D eigenvalue weighted by Gasteiger charge is -2.03. The first kappa shape index (κ1) is 15.8. The molecule has 0 aliphatic heterocycles. The average Bonchev–Trinajstić information content (AvgIpc) is 3.10. The molecule has 108 valence electrons. The third-order valence-electron chi connectivity index (χ3n) is 2.69. The molecule has 2 rings (SSSR count). The van der Waals surface area contributed by atoms with Crippen LogP contribution in [-0.2, 0) is 0 Å². The highest BCUT2D eigenvalue weighted by molar-refractivity contribution is 8.00. The van der Waals surface area contributed by atoms with Crippen LogP contribution in [0.15, 0.2) is 34.0 Å². The minimum absolute atomic E-state index is 0.0612. The standard InChI is InChI=1S/C15H14N2OS3/c1-17(2)7-6-11(18)14-13(12-5-4-8-20-12)10(9-16)15(19-3)21-14/h4-8H,1-3H3. The van der Waals surface area contributed by atoms with E-state index in [-0.39, 0.29) is 5.78 Å². The molecule has 2 aromatic rings. The molecule has 0 spiro atoms. The molecule has 0 atom stereocenters. The van der Waals surface area contributed by atoms with Crippen molar-refractivity contribution in [3.8, 4) is 16.5 Å². The highest BCUT2D eigenvalue weighted by Crippen LogP contribution is 2.42. The van der Waals surface area contributed by atoms with Crippen molar-refractivity contribution in [2.24, 2.45) is 0 Å². The molecule has 0 bridgehead atoms. The number of hydrogen-bond donors (Lipinski definition) is 0. The molecule has 0 saturated carbocycles. The Balaban J connectivity index is 2.58. The Morgan fingerprint density at radius 1 is 1.48 bits per heavy atom. The Kier molecular flexibility index (Phi) is 5.23. The first-order valence-electron chi connectivity index (χ1n) is 6.12. The number of carbonyl (C=O) groups is 1. The van der Waals surface area contributed by atoms with Crippen LogP contribution in [0.25, 0.3) is 10.4 Å². The molecule has 3 nitrogen and oxygen atoms in total. The van der Waals surface area contributed by atoms with Gasteiger partial charge in [-0.3, -0.25) is 4.79 Å². The van der Waals surface area contributed by atoms with Gasteiger partial charge in [0.2, 0.25) is 0 Å². The van der Waals surface area contributed by atoms with Gasteiger partial charge in [-0.05, 0) is 17.7 Å². The zero-order valence-electron chi connectivity index (χ0n) is 11.9. The van der Waals surface area contributed by atoms with E-state index in [4.69, 9.17) is 0 Å². The van der Waals surface area contributed by atoms with Gasteiger partial charge in [0.1, 0.15) is 6.07 Å². The molecular formula is C15H14N2OS3. The Bertz CT molecular complexity index is 706. The summed E-state index contributed by atoms with van der Waals surface area (Å²) >= 11 is 4.45. The number of thioether (sulfide) groups is 1. The van der Waals surface area contributed by atoms with E-state index in [1.807, 2.05) is 42.8 Å². The fourth-order valence-electron chi connectivity index (χ4n) is 1.78. The number of thiophene rings is 2. The number of nitriles is 1. The summed E-state index contributed by atoms with van der Waals surface area (Å²) in [5.41, 5.74) is 1.38. The van der Waals surface area contributed by atoms with Crippen molar-refractivity contribution in [3.05, 3.63) is 40.2 Å². The molecule has 21 heavy (non-hydrogen) atoms. The summed E-state index contributed by atoms with van der Waals surface area (Å²) in [6.07, 6.45) is 5.20. The third kappa shape index (κ3) is 3.38. The van der Waals surface area contributed by atoms with Crippen LogP contribution in [0.1, 0.15) is 15.2 Å². The van der Waals surface area contributed by atoms with Gasteiger partial charge in [-0.2, -0.15) is 5.26 Å². The fraction of sp³-hybridized carbons (Fsp3) is 0.200. The summed E-state index contributed by atoms with van der Waals surface area (Å²) < 4.78 is 0.891. The zero-order valence-corrected chi connectivity index (χ0v) is 14.4. The van der Waals surface area contributed by atoms with Crippen molar-refractivity contribution < 1.29 is 4.79 Å². The quantitative estimate of drug-likeness (QED) is 0.464. The van der Waals surface area contributed by atoms with Gasteiger partial charge in [-0.1, -0.05) is 6.07 Å².